The molecule has 150 valence electrons. The Labute approximate surface area is 167 Å². The third-order valence-electron chi connectivity index (χ3n) is 4.56. The van der Waals surface area contributed by atoms with E-state index < -0.39 is 21.7 Å². The minimum Gasteiger partial charge on any atom is -0.339 e. The molecule has 5 nitrogen and oxygen atoms in total. The second kappa shape index (κ2) is 8.59. The van der Waals surface area contributed by atoms with Crippen LogP contribution in [0.4, 0.5) is 8.78 Å². The van der Waals surface area contributed by atoms with E-state index in [2.05, 4.69) is 0 Å². The lowest BCUT2D eigenvalue weighted by Crippen LogP contribution is -2.51. The van der Waals surface area contributed by atoms with Crippen LogP contribution in [0.5, 0.6) is 0 Å². The number of hydrogen-bond acceptors (Lipinski definition) is 4. The molecule has 0 radical (unpaired) electrons. The molecule has 0 aliphatic carbocycles. The topological polar surface area (TPSA) is 57.7 Å². The first-order valence-electron chi connectivity index (χ1n) is 8.70. The summed E-state index contributed by atoms with van der Waals surface area (Å²) in [6.07, 6.45) is 0. The molecule has 0 aromatic heterocycles. The maximum Gasteiger partial charge on any atom is 0.243 e. The Morgan fingerprint density at radius 1 is 1.04 bits per heavy atom. The molecule has 1 saturated heterocycles. The molecular formula is C19H20F2N2O3S2. The maximum atomic E-state index is 13.4. The number of hydrogen-bond donors (Lipinski definition) is 0. The first-order chi connectivity index (χ1) is 13.3. The van der Waals surface area contributed by atoms with E-state index in [0.29, 0.717) is 6.07 Å². The molecule has 3 rings (SSSR count). The fraction of sp³-hybridized carbons (Fsp3) is 0.316. The highest BCUT2D eigenvalue weighted by molar-refractivity contribution is 8.00. The van der Waals surface area contributed by atoms with Crippen molar-refractivity contribution in [1.82, 2.24) is 9.21 Å². The number of sulfonamides is 1. The van der Waals surface area contributed by atoms with Crippen molar-refractivity contribution in [3.8, 4) is 0 Å². The van der Waals surface area contributed by atoms with Crippen LogP contribution in [0.1, 0.15) is 5.56 Å². The number of amides is 1. The zero-order chi connectivity index (χ0) is 20.3. The largest absolute Gasteiger partial charge is 0.339 e. The molecule has 0 unspecified atom stereocenters. The van der Waals surface area contributed by atoms with Crippen LogP contribution in [0.15, 0.2) is 52.3 Å². The number of halogens is 2. The van der Waals surface area contributed by atoms with Gasteiger partial charge in [0.2, 0.25) is 15.9 Å². The van der Waals surface area contributed by atoms with Crippen LogP contribution >= 0.6 is 11.8 Å². The van der Waals surface area contributed by atoms with Crippen molar-refractivity contribution >= 4 is 27.7 Å². The Morgan fingerprint density at radius 3 is 2.36 bits per heavy atom. The molecule has 0 saturated carbocycles. The van der Waals surface area contributed by atoms with Crippen LogP contribution in [0.25, 0.3) is 0 Å². The third-order valence-corrected chi connectivity index (χ3v) is 7.62. The van der Waals surface area contributed by atoms with Crippen LogP contribution in [0.2, 0.25) is 0 Å². The second-order valence-electron chi connectivity index (χ2n) is 6.41. The van der Waals surface area contributed by atoms with Gasteiger partial charge in [0.05, 0.1) is 10.6 Å². The van der Waals surface area contributed by atoms with Gasteiger partial charge in [-0.3, -0.25) is 4.79 Å². The molecule has 1 aliphatic heterocycles. The summed E-state index contributed by atoms with van der Waals surface area (Å²) >= 11 is 1.45. The Bertz CT molecular complexity index is 975. The summed E-state index contributed by atoms with van der Waals surface area (Å²) in [6, 6.07) is 10.3. The number of carbonyl (C=O) groups excluding carboxylic acids is 1. The normalized spacial score (nSPS) is 15.6. The molecule has 2 aromatic rings. The van der Waals surface area contributed by atoms with Crippen LogP contribution < -0.4 is 0 Å². The summed E-state index contributed by atoms with van der Waals surface area (Å²) in [5.41, 5.74) is 1.10. The molecule has 9 heteroatoms. The molecule has 1 aliphatic rings. The smallest absolute Gasteiger partial charge is 0.243 e. The Balaban J connectivity index is 1.58. The molecule has 0 atom stereocenters. The predicted molar refractivity (Wildman–Crippen MR) is 104 cm³/mol. The van der Waals surface area contributed by atoms with Crippen LogP contribution in [0.3, 0.4) is 0 Å². The van der Waals surface area contributed by atoms with Gasteiger partial charge in [-0.1, -0.05) is 18.2 Å². The zero-order valence-electron chi connectivity index (χ0n) is 15.3. The number of benzene rings is 2. The van der Waals surface area contributed by atoms with Crippen molar-refractivity contribution in [3.05, 3.63) is 59.7 Å². The summed E-state index contributed by atoms with van der Waals surface area (Å²) in [5.74, 6) is -2.08. The zero-order valence-corrected chi connectivity index (χ0v) is 16.9. The summed E-state index contributed by atoms with van der Waals surface area (Å²) in [6.45, 7) is 2.73. The Kier molecular flexibility index (Phi) is 6.36. The van der Waals surface area contributed by atoms with Gasteiger partial charge < -0.3 is 4.90 Å². The summed E-state index contributed by atoms with van der Waals surface area (Å²) in [7, 11) is -3.93. The molecule has 28 heavy (non-hydrogen) atoms. The molecule has 1 fully saturated rings. The van der Waals surface area contributed by atoms with Gasteiger partial charge in [0, 0.05) is 31.1 Å². The van der Waals surface area contributed by atoms with E-state index in [4.69, 9.17) is 0 Å². The highest BCUT2D eigenvalue weighted by Gasteiger charge is 2.30. The Hall–Kier alpha value is -1.97. The number of rotatable bonds is 5. The lowest BCUT2D eigenvalue weighted by atomic mass is 10.2. The van der Waals surface area contributed by atoms with Gasteiger partial charge in [0.15, 0.2) is 11.6 Å². The van der Waals surface area contributed by atoms with E-state index >= 15 is 0 Å². The SMILES string of the molecule is Cc1ccccc1SCC(=O)N1CCN(S(=O)(=O)c2ccc(F)c(F)c2)CC1. The molecular weight excluding hydrogens is 406 g/mol. The van der Waals surface area contributed by atoms with Gasteiger partial charge in [-0.25, -0.2) is 17.2 Å². The number of aryl methyl sites for hydroxylation is 1. The van der Waals surface area contributed by atoms with Gasteiger partial charge in [0.1, 0.15) is 0 Å². The first kappa shape index (κ1) is 20.8. The molecule has 0 bridgehead atoms. The van der Waals surface area contributed by atoms with Gasteiger partial charge >= 0.3 is 0 Å². The summed E-state index contributed by atoms with van der Waals surface area (Å²) in [5, 5.41) is 0. The second-order valence-corrected chi connectivity index (χ2v) is 9.37. The number of thioether (sulfide) groups is 1. The van der Waals surface area contributed by atoms with E-state index in [1.54, 1.807) is 4.90 Å². The van der Waals surface area contributed by atoms with Gasteiger partial charge in [-0.15, -0.1) is 11.8 Å². The summed E-state index contributed by atoms with van der Waals surface area (Å²) < 4.78 is 52.8. The minimum atomic E-state index is -3.93. The average Bonchev–Trinajstić information content (AvgIpc) is 2.69. The monoisotopic (exact) mass is 426 g/mol. The first-order valence-corrected chi connectivity index (χ1v) is 11.1. The van der Waals surface area contributed by atoms with E-state index in [1.807, 2.05) is 31.2 Å². The standard InChI is InChI=1S/C19H20F2N2O3S2/c1-14-4-2-3-5-18(14)27-13-19(24)22-8-10-23(11-9-22)28(25,26)15-6-7-16(20)17(21)12-15/h2-7,12H,8-11,13H2,1H3. The number of piperazine rings is 1. The highest BCUT2D eigenvalue weighted by atomic mass is 32.2. The van der Waals surface area contributed by atoms with Crippen molar-refractivity contribution in [2.24, 2.45) is 0 Å². The lowest BCUT2D eigenvalue weighted by molar-refractivity contribution is -0.129. The fourth-order valence-electron chi connectivity index (χ4n) is 2.91. The van der Waals surface area contributed by atoms with E-state index in [9.17, 15) is 22.0 Å². The summed E-state index contributed by atoms with van der Waals surface area (Å²) in [4.78, 5) is 14.8. The van der Waals surface area contributed by atoms with Crippen molar-refractivity contribution < 1.29 is 22.0 Å². The number of nitrogens with zero attached hydrogens (tertiary/aromatic N) is 2. The van der Waals surface area contributed by atoms with Gasteiger partial charge in [0.25, 0.3) is 0 Å². The molecule has 2 aromatic carbocycles. The molecule has 0 N–H and O–H groups in total. The number of carbonyl (C=O) groups is 1. The van der Waals surface area contributed by atoms with Crippen molar-refractivity contribution in [2.75, 3.05) is 31.9 Å². The molecule has 1 heterocycles. The van der Waals surface area contributed by atoms with Crippen LogP contribution in [0, 0.1) is 18.6 Å². The predicted octanol–water partition coefficient (Wildman–Crippen LogP) is 2.90. The van der Waals surface area contributed by atoms with E-state index in [-0.39, 0.29) is 42.7 Å². The fourth-order valence-corrected chi connectivity index (χ4v) is 5.28. The van der Waals surface area contributed by atoms with Crippen molar-refractivity contribution in [2.45, 2.75) is 16.7 Å². The van der Waals surface area contributed by atoms with Gasteiger partial charge in [-0.05, 0) is 36.8 Å². The average molecular weight is 427 g/mol. The van der Waals surface area contributed by atoms with Crippen molar-refractivity contribution in [3.63, 3.8) is 0 Å². The van der Waals surface area contributed by atoms with E-state index in [1.165, 1.54) is 16.1 Å². The lowest BCUT2D eigenvalue weighted by Gasteiger charge is -2.34. The third kappa shape index (κ3) is 4.53. The highest BCUT2D eigenvalue weighted by Crippen LogP contribution is 2.23. The molecule has 1 amide bonds. The van der Waals surface area contributed by atoms with Crippen molar-refractivity contribution in [1.29, 1.82) is 0 Å². The quantitative estimate of drug-likeness (QED) is 0.690. The minimum absolute atomic E-state index is 0.0573. The maximum absolute atomic E-state index is 13.4. The van der Waals surface area contributed by atoms with Crippen LogP contribution in [-0.2, 0) is 14.8 Å². The van der Waals surface area contributed by atoms with E-state index in [0.717, 1.165) is 22.6 Å². The Morgan fingerprint density at radius 2 is 1.71 bits per heavy atom. The van der Waals surface area contributed by atoms with Gasteiger partial charge in [-0.2, -0.15) is 4.31 Å². The molecule has 0 spiro atoms. The van der Waals surface area contributed by atoms with Crippen LogP contribution in [-0.4, -0.2) is 55.5 Å².